The van der Waals surface area contributed by atoms with Crippen LogP contribution in [0.5, 0.6) is 0 Å². The number of hydrogen-bond donors (Lipinski definition) is 2. The predicted molar refractivity (Wildman–Crippen MR) is 82.9 cm³/mol. The number of halogens is 2. The minimum Gasteiger partial charge on any atom is -0.348 e. The van der Waals surface area contributed by atoms with Crippen molar-refractivity contribution in [3.8, 4) is 0 Å². The van der Waals surface area contributed by atoms with Gasteiger partial charge in [0.1, 0.15) is 5.82 Å². The van der Waals surface area contributed by atoms with Gasteiger partial charge in [0.15, 0.2) is 0 Å². The van der Waals surface area contributed by atoms with E-state index in [9.17, 15) is 14.0 Å². The maximum absolute atomic E-state index is 13.2. The summed E-state index contributed by atoms with van der Waals surface area (Å²) in [5.41, 5.74) is 2.19. The summed E-state index contributed by atoms with van der Waals surface area (Å²) in [6.45, 7) is 0.604. The van der Waals surface area contributed by atoms with E-state index in [1.807, 2.05) is 6.07 Å². The van der Waals surface area contributed by atoms with Crippen LogP contribution in [-0.4, -0.2) is 11.8 Å². The summed E-state index contributed by atoms with van der Waals surface area (Å²) in [6.07, 6.45) is 0. The zero-order valence-corrected chi connectivity index (χ0v) is 13.0. The van der Waals surface area contributed by atoms with Gasteiger partial charge in [0, 0.05) is 17.6 Å². The van der Waals surface area contributed by atoms with Crippen molar-refractivity contribution in [2.75, 3.05) is 0 Å². The Morgan fingerprint density at radius 1 is 1.32 bits per heavy atom. The third kappa shape index (κ3) is 2.74. The Balaban J connectivity index is 1.80. The molecule has 3 rings (SSSR count). The van der Waals surface area contributed by atoms with Gasteiger partial charge in [0.2, 0.25) is 0 Å². The van der Waals surface area contributed by atoms with Gasteiger partial charge in [0.05, 0.1) is 11.1 Å². The van der Waals surface area contributed by atoms with Crippen LogP contribution in [0.15, 0.2) is 40.9 Å². The lowest BCUT2D eigenvalue weighted by atomic mass is 10.0. The van der Waals surface area contributed by atoms with E-state index in [2.05, 4.69) is 26.6 Å². The van der Waals surface area contributed by atoms with Gasteiger partial charge in [-0.1, -0.05) is 28.1 Å². The lowest BCUT2D eigenvalue weighted by molar-refractivity contribution is 0.0925. The number of hydrogen-bond acceptors (Lipinski definition) is 2. The van der Waals surface area contributed by atoms with E-state index < -0.39 is 0 Å². The van der Waals surface area contributed by atoms with Crippen LogP contribution in [0.1, 0.15) is 31.8 Å². The zero-order chi connectivity index (χ0) is 15.7. The summed E-state index contributed by atoms with van der Waals surface area (Å²) in [6, 6.07) is 9.44. The maximum atomic E-state index is 13.2. The highest BCUT2D eigenvalue weighted by Crippen LogP contribution is 2.21. The number of fused-ring (bicyclic) bond motifs is 1. The second-order valence-electron chi connectivity index (χ2n) is 4.94. The number of carbonyl (C=O) groups excluding carboxylic acids is 2. The third-order valence-corrected chi connectivity index (χ3v) is 4.28. The van der Waals surface area contributed by atoms with E-state index in [1.54, 1.807) is 18.2 Å². The van der Waals surface area contributed by atoms with Crippen molar-refractivity contribution in [2.24, 2.45) is 0 Å². The van der Waals surface area contributed by atoms with Crippen LogP contribution in [0.3, 0.4) is 0 Å². The van der Waals surface area contributed by atoms with E-state index in [1.165, 1.54) is 12.1 Å². The Morgan fingerprint density at radius 3 is 2.95 bits per heavy atom. The summed E-state index contributed by atoms with van der Waals surface area (Å²) in [4.78, 5) is 24.1. The normalized spacial score (nSPS) is 12.7. The van der Waals surface area contributed by atoms with Gasteiger partial charge in [0.25, 0.3) is 11.8 Å². The average Bonchev–Trinajstić information content (AvgIpc) is 2.89. The molecule has 6 heteroatoms. The van der Waals surface area contributed by atoms with Crippen LogP contribution in [0.25, 0.3) is 0 Å². The Kier molecular flexibility index (Phi) is 3.94. The first-order valence-corrected chi connectivity index (χ1v) is 7.48. The smallest absolute Gasteiger partial charge is 0.252 e. The lowest BCUT2D eigenvalue weighted by Crippen LogP contribution is -2.25. The van der Waals surface area contributed by atoms with Crippen LogP contribution in [0.2, 0.25) is 0 Å². The van der Waals surface area contributed by atoms with Gasteiger partial charge >= 0.3 is 0 Å². The molecule has 1 aliphatic rings. The molecule has 0 spiro atoms. The summed E-state index contributed by atoms with van der Waals surface area (Å²) in [5, 5.41) is 5.41. The third-order valence-electron chi connectivity index (χ3n) is 3.51. The summed E-state index contributed by atoms with van der Waals surface area (Å²) in [5.74, 6) is -0.967. The van der Waals surface area contributed by atoms with Crippen molar-refractivity contribution >= 4 is 27.7 Å². The molecule has 22 heavy (non-hydrogen) atoms. The van der Waals surface area contributed by atoms with Crippen LogP contribution in [0.4, 0.5) is 4.39 Å². The van der Waals surface area contributed by atoms with Crippen molar-refractivity contribution < 1.29 is 14.0 Å². The standard InChI is InChI=1S/C16H12BrFN2O2/c17-13-5-4-11(18)6-10(13)8-19-15(21)12-3-1-2-9-7-20-16(22)14(9)12/h1-6H,7-8H2,(H,19,21)(H,20,22). The van der Waals surface area contributed by atoms with E-state index in [4.69, 9.17) is 0 Å². The van der Waals surface area contributed by atoms with E-state index in [0.29, 0.717) is 27.7 Å². The van der Waals surface area contributed by atoms with Gasteiger partial charge in [-0.25, -0.2) is 4.39 Å². The highest BCUT2D eigenvalue weighted by molar-refractivity contribution is 9.10. The van der Waals surface area contributed by atoms with Crippen LogP contribution in [0, 0.1) is 5.82 Å². The molecule has 1 aliphatic heterocycles. The Morgan fingerprint density at radius 2 is 2.14 bits per heavy atom. The van der Waals surface area contributed by atoms with Crippen LogP contribution < -0.4 is 10.6 Å². The summed E-state index contributed by atoms with van der Waals surface area (Å²) >= 11 is 3.31. The quantitative estimate of drug-likeness (QED) is 0.881. The first kappa shape index (κ1) is 14.7. The SMILES string of the molecule is O=C(NCc1cc(F)ccc1Br)c1cccc2c1C(=O)NC2. The molecule has 0 fully saturated rings. The topological polar surface area (TPSA) is 58.2 Å². The fourth-order valence-electron chi connectivity index (χ4n) is 2.42. The number of carbonyl (C=O) groups is 2. The fraction of sp³-hybridized carbons (Fsp3) is 0.125. The second-order valence-corrected chi connectivity index (χ2v) is 5.80. The number of amides is 2. The average molecular weight is 363 g/mol. The first-order valence-electron chi connectivity index (χ1n) is 6.68. The Hall–Kier alpha value is -2.21. The molecule has 0 aliphatic carbocycles. The molecule has 0 bridgehead atoms. The van der Waals surface area contributed by atoms with Crippen molar-refractivity contribution in [3.05, 3.63) is 68.9 Å². The van der Waals surface area contributed by atoms with Crippen molar-refractivity contribution in [1.29, 1.82) is 0 Å². The molecule has 2 aromatic rings. The molecule has 112 valence electrons. The predicted octanol–water partition coefficient (Wildman–Crippen LogP) is 2.76. The number of nitrogens with one attached hydrogen (secondary N) is 2. The van der Waals surface area contributed by atoms with E-state index in [-0.39, 0.29) is 24.2 Å². The highest BCUT2D eigenvalue weighted by atomic mass is 79.9. The zero-order valence-electron chi connectivity index (χ0n) is 11.5. The monoisotopic (exact) mass is 362 g/mol. The van der Waals surface area contributed by atoms with Gasteiger partial charge in [-0.05, 0) is 35.4 Å². The molecule has 0 aromatic heterocycles. The molecule has 0 atom stereocenters. The van der Waals surface area contributed by atoms with Crippen LogP contribution in [-0.2, 0) is 13.1 Å². The van der Waals surface area contributed by atoms with Gasteiger partial charge < -0.3 is 10.6 Å². The molecule has 0 radical (unpaired) electrons. The van der Waals surface area contributed by atoms with Gasteiger partial charge in [-0.2, -0.15) is 0 Å². The number of rotatable bonds is 3. The fourth-order valence-corrected chi connectivity index (χ4v) is 2.81. The van der Waals surface area contributed by atoms with Gasteiger partial charge in [-0.3, -0.25) is 9.59 Å². The summed E-state index contributed by atoms with van der Waals surface area (Å²) in [7, 11) is 0. The maximum Gasteiger partial charge on any atom is 0.252 e. The van der Waals surface area contributed by atoms with E-state index >= 15 is 0 Å². The van der Waals surface area contributed by atoms with Crippen molar-refractivity contribution in [2.45, 2.75) is 13.1 Å². The van der Waals surface area contributed by atoms with E-state index in [0.717, 1.165) is 5.56 Å². The second kappa shape index (κ2) is 5.88. The molecule has 2 aromatic carbocycles. The minimum atomic E-state index is -0.368. The molecule has 1 heterocycles. The van der Waals surface area contributed by atoms with Crippen LogP contribution >= 0.6 is 15.9 Å². The molecular formula is C16H12BrFN2O2. The van der Waals surface area contributed by atoms with Crippen molar-refractivity contribution in [3.63, 3.8) is 0 Å². The Labute approximate surface area is 134 Å². The molecule has 2 N–H and O–H groups in total. The summed E-state index contributed by atoms with van der Waals surface area (Å²) < 4.78 is 14.0. The molecule has 2 amide bonds. The molecule has 0 saturated carbocycles. The molecule has 0 unspecified atom stereocenters. The molecular weight excluding hydrogens is 351 g/mol. The molecule has 4 nitrogen and oxygen atoms in total. The minimum absolute atomic E-state index is 0.169. The van der Waals surface area contributed by atoms with Gasteiger partial charge in [-0.15, -0.1) is 0 Å². The highest BCUT2D eigenvalue weighted by Gasteiger charge is 2.25. The Bertz CT molecular complexity index is 777. The first-order chi connectivity index (χ1) is 10.6. The number of benzene rings is 2. The largest absolute Gasteiger partial charge is 0.348 e. The van der Waals surface area contributed by atoms with Crippen molar-refractivity contribution in [1.82, 2.24) is 10.6 Å². The lowest BCUT2D eigenvalue weighted by Gasteiger charge is -2.09. The molecule has 0 saturated heterocycles.